The predicted octanol–water partition coefficient (Wildman–Crippen LogP) is 2.00. The summed E-state index contributed by atoms with van der Waals surface area (Å²) in [6.45, 7) is 9.70. The third-order valence-electron chi connectivity index (χ3n) is 3.24. The number of hydrogen-bond donors (Lipinski definition) is 1. The monoisotopic (exact) mass is 284 g/mol. The fourth-order valence-electron chi connectivity index (χ4n) is 2.18. The average Bonchev–Trinajstić information content (AvgIpc) is 2.39. The Morgan fingerprint density at radius 3 is 2.79 bits per heavy atom. The highest BCUT2D eigenvalue weighted by Gasteiger charge is 2.14. The van der Waals surface area contributed by atoms with Gasteiger partial charge in [-0.2, -0.15) is 0 Å². The van der Waals surface area contributed by atoms with E-state index < -0.39 is 0 Å². The second-order valence-corrected chi connectivity index (χ2v) is 5.32. The van der Waals surface area contributed by atoms with E-state index in [0.29, 0.717) is 11.1 Å². The highest BCUT2D eigenvalue weighted by atomic mass is 35.5. The largest absolute Gasteiger partial charge is 0.379 e. The van der Waals surface area contributed by atoms with Crippen molar-refractivity contribution in [2.24, 2.45) is 0 Å². The van der Waals surface area contributed by atoms with Gasteiger partial charge in [0, 0.05) is 31.7 Å². The van der Waals surface area contributed by atoms with Gasteiger partial charge in [-0.15, -0.1) is 0 Å². The van der Waals surface area contributed by atoms with Crippen LogP contribution in [0, 0.1) is 0 Å². The molecule has 1 aliphatic rings. The minimum atomic E-state index is 0.305. The lowest BCUT2D eigenvalue weighted by molar-refractivity contribution is 0.0398. The van der Waals surface area contributed by atoms with Gasteiger partial charge in [0.2, 0.25) is 0 Å². The number of ether oxygens (including phenoxy) is 1. The van der Waals surface area contributed by atoms with Crippen LogP contribution in [-0.2, 0) is 4.74 Å². The lowest BCUT2D eigenvalue weighted by Crippen LogP contribution is -2.39. The number of morpholine rings is 1. The van der Waals surface area contributed by atoms with Gasteiger partial charge in [-0.1, -0.05) is 25.4 Å². The maximum absolute atomic E-state index is 6.13. The third kappa shape index (κ3) is 4.03. The molecule has 0 atom stereocenters. The Morgan fingerprint density at radius 1 is 1.37 bits per heavy atom. The molecule has 2 heterocycles. The number of anilines is 1. The SMILES string of the molecule is CC(C)c1c(Cl)ncnc1NCCN1CCOCC1. The molecular formula is C13H21ClN4O. The van der Waals surface area contributed by atoms with E-state index in [4.69, 9.17) is 16.3 Å². The lowest BCUT2D eigenvalue weighted by Gasteiger charge is -2.26. The molecule has 1 aromatic heterocycles. The molecular weight excluding hydrogens is 264 g/mol. The minimum absolute atomic E-state index is 0.305. The molecule has 2 rings (SSSR count). The quantitative estimate of drug-likeness (QED) is 0.838. The number of rotatable bonds is 5. The van der Waals surface area contributed by atoms with Crippen molar-refractivity contribution >= 4 is 17.4 Å². The van der Waals surface area contributed by atoms with Crippen molar-refractivity contribution in [1.82, 2.24) is 14.9 Å². The zero-order valence-electron chi connectivity index (χ0n) is 11.5. The van der Waals surface area contributed by atoms with E-state index in [1.807, 2.05) is 0 Å². The molecule has 0 radical (unpaired) electrons. The third-order valence-corrected chi connectivity index (χ3v) is 3.54. The van der Waals surface area contributed by atoms with Crippen LogP contribution >= 0.6 is 11.6 Å². The van der Waals surface area contributed by atoms with Crippen LogP contribution in [0.2, 0.25) is 5.15 Å². The van der Waals surface area contributed by atoms with E-state index in [-0.39, 0.29) is 0 Å². The van der Waals surface area contributed by atoms with E-state index in [2.05, 4.69) is 34.0 Å². The molecule has 1 fully saturated rings. The van der Waals surface area contributed by atoms with Crippen LogP contribution < -0.4 is 5.32 Å². The first-order valence-electron chi connectivity index (χ1n) is 6.73. The average molecular weight is 285 g/mol. The first kappa shape index (κ1) is 14.5. The highest BCUT2D eigenvalue weighted by molar-refractivity contribution is 6.30. The van der Waals surface area contributed by atoms with Crippen molar-refractivity contribution in [3.05, 3.63) is 17.0 Å². The number of hydrogen-bond acceptors (Lipinski definition) is 5. The summed E-state index contributed by atoms with van der Waals surface area (Å²) in [4.78, 5) is 10.7. The molecule has 0 unspecified atom stereocenters. The van der Waals surface area contributed by atoms with Gasteiger partial charge in [0.05, 0.1) is 13.2 Å². The van der Waals surface area contributed by atoms with Crippen LogP contribution in [0.4, 0.5) is 5.82 Å². The molecule has 0 aliphatic carbocycles. The summed E-state index contributed by atoms with van der Waals surface area (Å²) < 4.78 is 5.33. The predicted molar refractivity (Wildman–Crippen MR) is 76.9 cm³/mol. The fourth-order valence-corrected chi connectivity index (χ4v) is 2.54. The van der Waals surface area contributed by atoms with E-state index in [1.54, 1.807) is 0 Å². The zero-order chi connectivity index (χ0) is 13.7. The molecule has 106 valence electrons. The second kappa shape index (κ2) is 7.03. The molecule has 1 aliphatic heterocycles. The molecule has 5 nitrogen and oxygen atoms in total. The van der Waals surface area contributed by atoms with E-state index in [0.717, 1.165) is 50.8 Å². The lowest BCUT2D eigenvalue weighted by atomic mass is 10.1. The van der Waals surface area contributed by atoms with Crippen LogP contribution in [-0.4, -0.2) is 54.3 Å². The van der Waals surface area contributed by atoms with Gasteiger partial charge < -0.3 is 10.1 Å². The van der Waals surface area contributed by atoms with Crippen molar-refractivity contribution in [3.8, 4) is 0 Å². The molecule has 6 heteroatoms. The Hall–Kier alpha value is -0.910. The van der Waals surface area contributed by atoms with Crippen LogP contribution in [0.3, 0.4) is 0 Å². The molecule has 0 spiro atoms. The Bertz CT molecular complexity index is 408. The Morgan fingerprint density at radius 2 is 2.11 bits per heavy atom. The maximum atomic E-state index is 6.13. The Balaban J connectivity index is 1.90. The zero-order valence-corrected chi connectivity index (χ0v) is 12.3. The number of aromatic nitrogens is 2. The second-order valence-electron chi connectivity index (χ2n) is 4.96. The van der Waals surface area contributed by atoms with Gasteiger partial charge >= 0.3 is 0 Å². The van der Waals surface area contributed by atoms with Gasteiger partial charge in [0.15, 0.2) is 0 Å². The summed E-state index contributed by atoms with van der Waals surface area (Å²) in [5, 5.41) is 3.91. The smallest absolute Gasteiger partial charge is 0.138 e. The maximum Gasteiger partial charge on any atom is 0.138 e. The summed E-state index contributed by atoms with van der Waals surface area (Å²) in [5.41, 5.74) is 0.992. The minimum Gasteiger partial charge on any atom is -0.379 e. The fraction of sp³-hybridized carbons (Fsp3) is 0.692. The van der Waals surface area contributed by atoms with Gasteiger partial charge in [-0.25, -0.2) is 9.97 Å². The van der Waals surface area contributed by atoms with Crippen molar-refractivity contribution < 1.29 is 4.74 Å². The van der Waals surface area contributed by atoms with Crippen LogP contribution in [0.25, 0.3) is 0 Å². The molecule has 1 N–H and O–H groups in total. The molecule has 1 saturated heterocycles. The summed E-state index contributed by atoms with van der Waals surface area (Å²) in [6.07, 6.45) is 1.51. The standard InChI is InChI=1S/C13H21ClN4O/c1-10(2)11-12(14)16-9-17-13(11)15-3-4-18-5-7-19-8-6-18/h9-10H,3-8H2,1-2H3,(H,15,16,17). The normalized spacial score (nSPS) is 16.8. The summed E-state index contributed by atoms with van der Waals surface area (Å²) in [7, 11) is 0. The van der Waals surface area contributed by atoms with Gasteiger partial charge in [-0.3, -0.25) is 4.90 Å². The van der Waals surface area contributed by atoms with Crippen LogP contribution in [0.5, 0.6) is 0 Å². The van der Waals surface area contributed by atoms with Gasteiger partial charge in [0.1, 0.15) is 17.3 Å². The number of nitrogens with zero attached hydrogens (tertiary/aromatic N) is 3. The number of nitrogens with one attached hydrogen (secondary N) is 1. The van der Waals surface area contributed by atoms with E-state index >= 15 is 0 Å². The van der Waals surface area contributed by atoms with Gasteiger partial charge in [-0.05, 0) is 5.92 Å². The molecule has 19 heavy (non-hydrogen) atoms. The molecule has 0 amide bonds. The Kier molecular flexibility index (Phi) is 5.36. The van der Waals surface area contributed by atoms with Crippen molar-refractivity contribution in [2.45, 2.75) is 19.8 Å². The van der Waals surface area contributed by atoms with Gasteiger partial charge in [0.25, 0.3) is 0 Å². The summed E-state index contributed by atoms with van der Waals surface area (Å²) in [5.74, 6) is 1.16. The summed E-state index contributed by atoms with van der Waals surface area (Å²) in [6, 6.07) is 0. The van der Waals surface area contributed by atoms with Crippen molar-refractivity contribution in [1.29, 1.82) is 0 Å². The molecule has 1 aromatic rings. The van der Waals surface area contributed by atoms with Crippen molar-refractivity contribution in [2.75, 3.05) is 44.7 Å². The Labute approximate surface area is 119 Å². The molecule has 0 saturated carbocycles. The number of halogens is 1. The molecule has 0 bridgehead atoms. The topological polar surface area (TPSA) is 50.3 Å². The molecule has 0 aromatic carbocycles. The highest BCUT2D eigenvalue weighted by Crippen LogP contribution is 2.27. The van der Waals surface area contributed by atoms with Crippen LogP contribution in [0.1, 0.15) is 25.3 Å². The first-order valence-corrected chi connectivity index (χ1v) is 7.10. The van der Waals surface area contributed by atoms with Crippen LogP contribution in [0.15, 0.2) is 6.33 Å². The first-order chi connectivity index (χ1) is 9.18. The summed E-state index contributed by atoms with van der Waals surface area (Å²) >= 11 is 6.13. The van der Waals surface area contributed by atoms with Crippen molar-refractivity contribution in [3.63, 3.8) is 0 Å². The van der Waals surface area contributed by atoms with E-state index in [9.17, 15) is 0 Å². The van der Waals surface area contributed by atoms with E-state index in [1.165, 1.54) is 6.33 Å².